The topological polar surface area (TPSA) is 80.3 Å². The molecule has 7 heteroatoms. The number of methoxy groups -OCH3 is 1. The lowest BCUT2D eigenvalue weighted by molar-refractivity contribution is -0.116. The molecule has 0 saturated carbocycles. The molecule has 0 aliphatic heterocycles. The molecule has 0 aliphatic rings. The summed E-state index contributed by atoms with van der Waals surface area (Å²) in [4.78, 5) is 28.0. The number of rotatable bonds is 6. The standard InChI is InChI=1S/C14H15N3O3S/c1-20-13-5-4-10(9-16-13)17-12(18)6-7-15-14(19)11-3-2-8-21-11/h2-5,8-9H,6-7H2,1H3,(H,15,19)(H,17,18). The van der Waals surface area contributed by atoms with Crippen molar-refractivity contribution in [1.82, 2.24) is 10.3 Å². The van der Waals surface area contributed by atoms with Crippen molar-refractivity contribution in [3.8, 4) is 5.88 Å². The molecule has 0 fully saturated rings. The number of carbonyl (C=O) groups excluding carboxylic acids is 2. The highest BCUT2D eigenvalue weighted by Gasteiger charge is 2.07. The van der Waals surface area contributed by atoms with Gasteiger partial charge in [-0.15, -0.1) is 11.3 Å². The third kappa shape index (κ3) is 4.57. The maximum atomic E-state index is 11.7. The molecule has 21 heavy (non-hydrogen) atoms. The fourth-order valence-corrected chi connectivity index (χ4v) is 2.22. The Morgan fingerprint density at radius 1 is 1.33 bits per heavy atom. The molecule has 110 valence electrons. The van der Waals surface area contributed by atoms with Crippen molar-refractivity contribution in [2.75, 3.05) is 19.0 Å². The number of hydrogen-bond acceptors (Lipinski definition) is 5. The molecule has 2 rings (SSSR count). The number of hydrogen-bond donors (Lipinski definition) is 2. The van der Waals surface area contributed by atoms with Crippen molar-refractivity contribution in [3.05, 3.63) is 40.7 Å². The molecule has 0 radical (unpaired) electrons. The summed E-state index contributed by atoms with van der Waals surface area (Å²) in [5, 5.41) is 7.22. The Labute approximate surface area is 126 Å². The van der Waals surface area contributed by atoms with Gasteiger partial charge in [0.1, 0.15) is 0 Å². The van der Waals surface area contributed by atoms with Gasteiger partial charge in [-0.1, -0.05) is 6.07 Å². The molecule has 0 unspecified atom stereocenters. The van der Waals surface area contributed by atoms with E-state index in [0.717, 1.165) is 0 Å². The Morgan fingerprint density at radius 3 is 2.81 bits per heavy atom. The summed E-state index contributed by atoms with van der Waals surface area (Å²) >= 11 is 1.36. The van der Waals surface area contributed by atoms with Crippen molar-refractivity contribution in [1.29, 1.82) is 0 Å². The van der Waals surface area contributed by atoms with Gasteiger partial charge in [0, 0.05) is 19.0 Å². The minimum Gasteiger partial charge on any atom is -0.481 e. The van der Waals surface area contributed by atoms with Crippen LogP contribution in [0.3, 0.4) is 0 Å². The maximum Gasteiger partial charge on any atom is 0.261 e. The first-order chi connectivity index (χ1) is 10.2. The quantitative estimate of drug-likeness (QED) is 0.854. The van der Waals surface area contributed by atoms with E-state index in [2.05, 4.69) is 15.6 Å². The normalized spacial score (nSPS) is 9.95. The van der Waals surface area contributed by atoms with Gasteiger partial charge < -0.3 is 15.4 Å². The Hall–Kier alpha value is -2.41. The number of pyridine rings is 1. The van der Waals surface area contributed by atoms with Crippen LogP contribution in [0.25, 0.3) is 0 Å². The lowest BCUT2D eigenvalue weighted by Crippen LogP contribution is -2.27. The minimum absolute atomic E-state index is 0.163. The second-order valence-corrected chi connectivity index (χ2v) is 5.07. The predicted octanol–water partition coefficient (Wildman–Crippen LogP) is 1.91. The average molecular weight is 305 g/mol. The molecule has 0 aliphatic carbocycles. The minimum atomic E-state index is -0.187. The average Bonchev–Trinajstić information content (AvgIpc) is 3.02. The zero-order valence-electron chi connectivity index (χ0n) is 11.5. The molecule has 2 amide bonds. The van der Waals surface area contributed by atoms with Gasteiger partial charge in [-0.05, 0) is 17.5 Å². The summed E-state index contributed by atoms with van der Waals surface area (Å²) in [6.45, 7) is 0.284. The summed E-state index contributed by atoms with van der Waals surface area (Å²) < 4.78 is 4.93. The van der Waals surface area contributed by atoms with Crippen molar-refractivity contribution in [3.63, 3.8) is 0 Å². The third-order valence-corrected chi connectivity index (χ3v) is 3.48. The second kappa shape index (κ2) is 7.39. The number of carbonyl (C=O) groups is 2. The predicted molar refractivity (Wildman–Crippen MR) is 80.7 cm³/mol. The van der Waals surface area contributed by atoms with Crippen LogP contribution in [0.4, 0.5) is 5.69 Å². The van der Waals surface area contributed by atoms with Crippen LogP contribution in [0.15, 0.2) is 35.8 Å². The highest BCUT2D eigenvalue weighted by atomic mass is 32.1. The van der Waals surface area contributed by atoms with Crippen LogP contribution in [0, 0.1) is 0 Å². The number of nitrogens with zero attached hydrogens (tertiary/aromatic N) is 1. The van der Waals surface area contributed by atoms with E-state index in [4.69, 9.17) is 4.74 Å². The van der Waals surface area contributed by atoms with E-state index in [1.54, 1.807) is 18.2 Å². The summed E-state index contributed by atoms with van der Waals surface area (Å²) in [6.07, 6.45) is 1.71. The number of nitrogens with one attached hydrogen (secondary N) is 2. The first-order valence-corrected chi connectivity index (χ1v) is 7.18. The zero-order chi connectivity index (χ0) is 15.1. The molecule has 2 aromatic rings. The Balaban J connectivity index is 1.73. The van der Waals surface area contributed by atoms with Gasteiger partial charge in [0.15, 0.2) is 0 Å². The number of aromatic nitrogens is 1. The highest BCUT2D eigenvalue weighted by Crippen LogP contribution is 2.11. The lowest BCUT2D eigenvalue weighted by Gasteiger charge is -2.06. The van der Waals surface area contributed by atoms with E-state index in [1.807, 2.05) is 11.4 Å². The highest BCUT2D eigenvalue weighted by molar-refractivity contribution is 7.12. The van der Waals surface area contributed by atoms with E-state index in [0.29, 0.717) is 16.4 Å². The van der Waals surface area contributed by atoms with Crippen LogP contribution in [-0.4, -0.2) is 30.5 Å². The summed E-state index contributed by atoms with van der Waals surface area (Å²) in [5.41, 5.74) is 0.588. The first-order valence-electron chi connectivity index (χ1n) is 6.30. The number of ether oxygens (including phenoxy) is 1. The molecule has 0 saturated heterocycles. The smallest absolute Gasteiger partial charge is 0.261 e. The van der Waals surface area contributed by atoms with Gasteiger partial charge >= 0.3 is 0 Å². The van der Waals surface area contributed by atoms with Gasteiger partial charge in [-0.2, -0.15) is 0 Å². The fourth-order valence-electron chi connectivity index (χ4n) is 1.58. The van der Waals surface area contributed by atoms with E-state index in [1.165, 1.54) is 24.6 Å². The molecular weight excluding hydrogens is 290 g/mol. The summed E-state index contributed by atoms with van der Waals surface area (Å²) in [7, 11) is 1.52. The van der Waals surface area contributed by atoms with Gasteiger partial charge in [-0.25, -0.2) is 4.98 Å². The number of anilines is 1. The first kappa shape index (κ1) is 15.0. The molecule has 0 bridgehead atoms. The molecule has 2 N–H and O–H groups in total. The van der Waals surface area contributed by atoms with Crippen molar-refractivity contribution < 1.29 is 14.3 Å². The number of amides is 2. The maximum absolute atomic E-state index is 11.7. The largest absolute Gasteiger partial charge is 0.481 e. The van der Waals surface area contributed by atoms with E-state index in [-0.39, 0.29) is 24.8 Å². The lowest BCUT2D eigenvalue weighted by atomic mass is 10.3. The molecule has 6 nitrogen and oxygen atoms in total. The van der Waals surface area contributed by atoms with Crippen molar-refractivity contribution >= 4 is 28.8 Å². The summed E-state index contributed by atoms with van der Waals surface area (Å²) in [6, 6.07) is 6.91. The fraction of sp³-hybridized carbons (Fsp3) is 0.214. The molecule has 0 atom stereocenters. The van der Waals surface area contributed by atoms with Crippen LogP contribution >= 0.6 is 11.3 Å². The van der Waals surface area contributed by atoms with E-state index >= 15 is 0 Å². The van der Waals surface area contributed by atoms with Crippen LogP contribution in [0.2, 0.25) is 0 Å². The second-order valence-electron chi connectivity index (χ2n) is 4.12. The molecule has 2 heterocycles. The van der Waals surface area contributed by atoms with Gasteiger partial charge in [-0.3, -0.25) is 9.59 Å². The Kier molecular flexibility index (Phi) is 5.28. The Bertz CT molecular complexity index is 596. The van der Waals surface area contributed by atoms with Crippen LogP contribution in [0.1, 0.15) is 16.1 Å². The van der Waals surface area contributed by atoms with Crippen LogP contribution in [0.5, 0.6) is 5.88 Å². The molecular formula is C14H15N3O3S. The summed E-state index contributed by atoms with van der Waals surface area (Å²) in [5.74, 6) is 0.133. The van der Waals surface area contributed by atoms with E-state index < -0.39 is 0 Å². The molecule has 2 aromatic heterocycles. The molecule has 0 aromatic carbocycles. The monoisotopic (exact) mass is 305 g/mol. The third-order valence-electron chi connectivity index (χ3n) is 2.61. The van der Waals surface area contributed by atoms with Gasteiger partial charge in [0.05, 0.1) is 23.9 Å². The SMILES string of the molecule is COc1ccc(NC(=O)CCNC(=O)c2cccs2)cn1. The Morgan fingerprint density at radius 2 is 2.19 bits per heavy atom. The van der Waals surface area contributed by atoms with E-state index in [9.17, 15) is 9.59 Å². The number of thiophene rings is 1. The molecule has 0 spiro atoms. The van der Waals surface area contributed by atoms with Crippen LogP contribution < -0.4 is 15.4 Å². The van der Waals surface area contributed by atoms with Gasteiger partial charge in [0.25, 0.3) is 5.91 Å². The van der Waals surface area contributed by atoms with Crippen molar-refractivity contribution in [2.45, 2.75) is 6.42 Å². The van der Waals surface area contributed by atoms with Crippen molar-refractivity contribution in [2.24, 2.45) is 0 Å². The van der Waals surface area contributed by atoms with Crippen LogP contribution in [-0.2, 0) is 4.79 Å². The zero-order valence-corrected chi connectivity index (χ0v) is 12.3. The van der Waals surface area contributed by atoms with Gasteiger partial charge in [0.2, 0.25) is 11.8 Å².